The average molecular weight is 618 g/mol. The maximum Gasteiger partial charge on any atom is 0.338 e. The number of fused-ring (bicyclic) bond motifs is 1. The number of methoxy groups -OCH3 is 1. The third-order valence-corrected chi connectivity index (χ3v) is 7.42. The number of hydrogen-bond acceptors (Lipinski definition) is 8. The first kappa shape index (κ1) is 29.7. The van der Waals surface area contributed by atoms with Crippen LogP contribution in [0.2, 0.25) is 0 Å². The van der Waals surface area contributed by atoms with Gasteiger partial charge in [-0.05, 0) is 54.4 Å². The monoisotopic (exact) mass is 617 g/mol. The number of rotatable bonds is 9. The zero-order valence-electron chi connectivity index (χ0n) is 23.7. The van der Waals surface area contributed by atoms with Gasteiger partial charge in [-0.2, -0.15) is 10.2 Å². The van der Waals surface area contributed by atoms with Crippen LogP contribution in [0.25, 0.3) is 22.3 Å². The molecule has 0 spiro atoms. The van der Waals surface area contributed by atoms with Gasteiger partial charge in [-0.15, -0.1) is 0 Å². The van der Waals surface area contributed by atoms with Crippen molar-refractivity contribution in [3.63, 3.8) is 0 Å². The van der Waals surface area contributed by atoms with Crippen LogP contribution in [0.1, 0.15) is 39.3 Å². The van der Waals surface area contributed by atoms with Crippen molar-refractivity contribution in [1.82, 2.24) is 19.5 Å². The zero-order chi connectivity index (χ0) is 31.7. The Labute approximate surface area is 253 Å². The summed E-state index contributed by atoms with van der Waals surface area (Å²) in [5.74, 6) is -3.43. The lowest BCUT2D eigenvalue weighted by Crippen LogP contribution is -2.31. The standard InChI is InChI=1S/C32H23F4N5O4/c1-43-31(42)20-10-26(36)30-28(11-20)41(15-21-5-7-44-21)29(40-30)12-19-9-25(35)22(13-24(19)34)27-4-6-38-32(39-27)45-16-18-3-2-17(14-37)8-23(18)33/h2-4,6,8-11,13,21H,5,7,12,15-16H2,1H3/t21-/m0/s1. The lowest BCUT2D eigenvalue weighted by molar-refractivity contribution is -0.0589. The number of imidazole rings is 1. The van der Waals surface area contributed by atoms with Gasteiger partial charge in [0, 0.05) is 30.4 Å². The summed E-state index contributed by atoms with van der Waals surface area (Å²) in [7, 11) is 1.18. The molecular weight excluding hydrogens is 594 g/mol. The van der Waals surface area contributed by atoms with Gasteiger partial charge in [0.05, 0.1) is 48.2 Å². The van der Waals surface area contributed by atoms with Gasteiger partial charge in [-0.3, -0.25) is 0 Å². The van der Waals surface area contributed by atoms with E-state index in [4.69, 9.17) is 19.5 Å². The second kappa shape index (κ2) is 12.3. The Kier molecular flexibility index (Phi) is 8.14. The van der Waals surface area contributed by atoms with Gasteiger partial charge >= 0.3 is 12.0 Å². The molecule has 3 aromatic carbocycles. The topological polar surface area (TPSA) is 112 Å². The number of halogens is 4. The quantitative estimate of drug-likeness (QED) is 0.154. The second-order valence-corrected chi connectivity index (χ2v) is 10.3. The molecule has 0 N–H and O–H groups in total. The second-order valence-electron chi connectivity index (χ2n) is 10.3. The van der Waals surface area contributed by atoms with Crippen LogP contribution in [-0.2, 0) is 29.0 Å². The van der Waals surface area contributed by atoms with Crippen LogP contribution in [0.15, 0.2) is 54.7 Å². The highest BCUT2D eigenvalue weighted by molar-refractivity contribution is 5.94. The number of carbonyl (C=O) groups excluding carboxylic acids is 1. The summed E-state index contributed by atoms with van der Waals surface area (Å²) in [6.07, 6.45) is 1.67. The fourth-order valence-corrected chi connectivity index (χ4v) is 4.96. The van der Waals surface area contributed by atoms with E-state index in [9.17, 15) is 9.18 Å². The molecule has 0 saturated carbocycles. The van der Waals surface area contributed by atoms with Crippen LogP contribution in [0.4, 0.5) is 17.6 Å². The Morgan fingerprint density at radius 2 is 1.82 bits per heavy atom. The van der Waals surface area contributed by atoms with Crippen molar-refractivity contribution in [1.29, 1.82) is 5.26 Å². The molecule has 5 aromatic rings. The summed E-state index contributed by atoms with van der Waals surface area (Å²) in [5, 5.41) is 8.90. The van der Waals surface area contributed by atoms with Crippen molar-refractivity contribution in [3.8, 4) is 23.3 Å². The smallest absolute Gasteiger partial charge is 0.338 e. The van der Waals surface area contributed by atoms with Crippen LogP contribution in [0.3, 0.4) is 0 Å². The minimum atomic E-state index is -0.793. The van der Waals surface area contributed by atoms with Gasteiger partial charge < -0.3 is 18.8 Å². The van der Waals surface area contributed by atoms with Crippen molar-refractivity contribution in [3.05, 3.63) is 106 Å². The van der Waals surface area contributed by atoms with E-state index in [2.05, 4.69) is 15.0 Å². The summed E-state index contributed by atoms with van der Waals surface area (Å²) >= 11 is 0. The van der Waals surface area contributed by atoms with Gasteiger partial charge in [0.25, 0.3) is 0 Å². The molecule has 0 amide bonds. The van der Waals surface area contributed by atoms with Gasteiger partial charge in [0.15, 0.2) is 5.82 Å². The number of aromatic nitrogens is 4. The number of esters is 1. The molecule has 1 saturated heterocycles. The molecular formula is C32H23F4N5O4. The van der Waals surface area contributed by atoms with E-state index in [1.165, 1.54) is 37.6 Å². The van der Waals surface area contributed by atoms with Gasteiger partial charge in [0.1, 0.15) is 35.4 Å². The predicted octanol–water partition coefficient (Wildman–Crippen LogP) is 5.67. The summed E-state index contributed by atoms with van der Waals surface area (Å²) in [6.45, 7) is 0.581. The normalized spacial score (nSPS) is 14.2. The lowest BCUT2D eigenvalue weighted by Gasteiger charge is -2.27. The average Bonchev–Trinajstić information content (AvgIpc) is 3.36. The zero-order valence-corrected chi connectivity index (χ0v) is 23.7. The predicted molar refractivity (Wildman–Crippen MR) is 151 cm³/mol. The summed E-state index contributed by atoms with van der Waals surface area (Å²) in [4.78, 5) is 24.6. The molecule has 3 heterocycles. The third kappa shape index (κ3) is 6.05. The number of benzene rings is 3. The van der Waals surface area contributed by atoms with Gasteiger partial charge in [0.2, 0.25) is 0 Å². The Bertz CT molecular complexity index is 1990. The minimum absolute atomic E-state index is 0.0125. The lowest BCUT2D eigenvalue weighted by atomic mass is 10.0. The Balaban J connectivity index is 1.28. The third-order valence-electron chi connectivity index (χ3n) is 7.42. The summed E-state index contributed by atoms with van der Waals surface area (Å²) < 4.78 is 77.6. The summed E-state index contributed by atoms with van der Waals surface area (Å²) in [5.41, 5.74) is 0.380. The van der Waals surface area contributed by atoms with E-state index in [0.717, 1.165) is 30.7 Å². The molecule has 1 atom stereocenters. The number of nitriles is 1. The number of ether oxygens (including phenoxy) is 3. The molecule has 1 aliphatic heterocycles. The first-order valence-electron chi connectivity index (χ1n) is 13.7. The Hall–Kier alpha value is -5.35. The molecule has 0 unspecified atom stereocenters. The maximum absolute atomic E-state index is 15.5. The molecule has 6 rings (SSSR count). The molecule has 228 valence electrons. The fourth-order valence-electron chi connectivity index (χ4n) is 4.96. The SMILES string of the molecule is COC(=O)c1cc(F)c2nc(Cc3cc(F)c(-c4ccnc(OCc5ccc(C#N)cc5F)n4)cc3F)n(C[C@@H]3CCO3)c2c1. The molecule has 0 aliphatic carbocycles. The summed E-state index contributed by atoms with van der Waals surface area (Å²) in [6, 6.07) is 11.4. The van der Waals surface area contributed by atoms with E-state index in [1.807, 2.05) is 6.07 Å². The first-order chi connectivity index (χ1) is 21.7. The maximum atomic E-state index is 15.5. The largest absolute Gasteiger partial charge is 0.465 e. The van der Waals surface area contributed by atoms with E-state index in [0.29, 0.717) is 12.1 Å². The van der Waals surface area contributed by atoms with Crippen molar-refractivity contribution in [2.45, 2.75) is 32.1 Å². The van der Waals surface area contributed by atoms with Crippen molar-refractivity contribution in [2.75, 3.05) is 13.7 Å². The van der Waals surface area contributed by atoms with Crippen LogP contribution < -0.4 is 4.74 Å². The molecule has 9 nitrogen and oxygen atoms in total. The van der Waals surface area contributed by atoms with E-state index in [1.54, 1.807) is 4.57 Å². The van der Waals surface area contributed by atoms with Crippen molar-refractivity contribution in [2.24, 2.45) is 0 Å². The molecule has 2 aromatic heterocycles. The highest BCUT2D eigenvalue weighted by Crippen LogP contribution is 2.29. The molecule has 0 radical (unpaired) electrons. The van der Waals surface area contributed by atoms with Gasteiger partial charge in [-0.1, -0.05) is 6.07 Å². The van der Waals surface area contributed by atoms with E-state index >= 15 is 13.2 Å². The van der Waals surface area contributed by atoms with E-state index < -0.39 is 29.2 Å². The highest BCUT2D eigenvalue weighted by atomic mass is 19.1. The Morgan fingerprint density at radius 3 is 2.53 bits per heavy atom. The van der Waals surface area contributed by atoms with Crippen molar-refractivity contribution >= 4 is 17.0 Å². The highest BCUT2D eigenvalue weighted by Gasteiger charge is 2.25. The minimum Gasteiger partial charge on any atom is -0.465 e. The number of hydrogen-bond donors (Lipinski definition) is 0. The fraction of sp³-hybridized carbons (Fsp3) is 0.219. The molecule has 13 heteroatoms. The molecule has 1 fully saturated rings. The Morgan fingerprint density at radius 1 is 1.02 bits per heavy atom. The number of carbonyl (C=O) groups is 1. The molecule has 45 heavy (non-hydrogen) atoms. The number of nitrogens with zero attached hydrogens (tertiary/aromatic N) is 5. The van der Waals surface area contributed by atoms with Crippen LogP contribution in [0, 0.1) is 34.6 Å². The van der Waals surface area contributed by atoms with Crippen molar-refractivity contribution < 1.29 is 36.6 Å². The van der Waals surface area contributed by atoms with Crippen LogP contribution in [0.5, 0.6) is 6.01 Å². The van der Waals surface area contributed by atoms with Gasteiger partial charge in [-0.25, -0.2) is 32.3 Å². The molecule has 0 bridgehead atoms. The van der Waals surface area contributed by atoms with Crippen LogP contribution >= 0.6 is 0 Å². The van der Waals surface area contributed by atoms with E-state index in [-0.39, 0.29) is 76.5 Å². The first-order valence-corrected chi connectivity index (χ1v) is 13.7. The van der Waals surface area contributed by atoms with Crippen LogP contribution in [-0.4, -0.2) is 45.3 Å². The molecule has 1 aliphatic rings.